The SMILES string of the molecule is CCc1ccc(C(C=NC)NC(=O)/C(N)=C/N(N)CCNC(=O)c2ccc(C)nc2OC)cc1. The molecule has 0 fully saturated rings. The first kappa shape index (κ1) is 26.3. The molecule has 182 valence electrons. The number of carbonyl (C=O) groups excluding carboxylic acids is 2. The second kappa shape index (κ2) is 12.9. The number of hydrogen-bond donors (Lipinski definition) is 4. The number of pyridine rings is 1. The number of benzene rings is 1. The highest BCUT2D eigenvalue weighted by Gasteiger charge is 2.16. The summed E-state index contributed by atoms with van der Waals surface area (Å²) in [6.45, 7) is 4.32. The number of amides is 2. The average Bonchev–Trinajstić information content (AvgIpc) is 2.83. The molecule has 10 nitrogen and oxygen atoms in total. The quantitative estimate of drug-likeness (QED) is 0.168. The van der Waals surface area contributed by atoms with Crippen molar-refractivity contribution < 1.29 is 14.3 Å². The number of carbonyl (C=O) groups is 2. The van der Waals surface area contributed by atoms with Gasteiger partial charge >= 0.3 is 0 Å². The third kappa shape index (κ3) is 7.59. The predicted octanol–water partition coefficient (Wildman–Crippen LogP) is 1.22. The van der Waals surface area contributed by atoms with Gasteiger partial charge in [-0.2, -0.15) is 0 Å². The zero-order chi connectivity index (χ0) is 25.1. The summed E-state index contributed by atoms with van der Waals surface area (Å²) in [6, 6.07) is 10.8. The molecule has 1 aromatic heterocycles. The van der Waals surface area contributed by atoms with E-state index in [1.807, 2.05) is 31.2 Å². The molecule has 0 bridgehead atoms. The normalized spacial score (nSPS) is 12.3. The molecule has 34 heavy (non-hydrogen) atoms. The van der Waals surface area contributed by atoms with Gasteiger partial charge in [-0.15, -0.1) is 0 Å². The first-order valence-electron chi connectivity index (χ1n) is 10.9. The van der Waals surface area contributed by atoms with Crippen molar-refractivity contribution in [2.75, 3.05) is 27.2 Å². The van der Waals surface area contributed by atoms with E-state index in [9.17, 15) is 9.59 Å². The molecule has 0 aliphatic rings. The number of aromatic nitrogens is 1. The van der Waals surface area contributed by atoms with Crippen LogP contribution in [0.1, 0.15) is 40.1 Å². The summed E-state index contributed by atoms with van der Waals surface area (Å²) in [5, 5.41) is 6.81. The third-order valence-electron chi connectivity index (χ3n) is 4.99. The van der Waals surface area contributed by atoms with Gasteiger partial charge in [0.25, 0.3) is 11.8 Å². The maximum atomic E-state index is 12.6. The summed E-state index contributed by atoms with van der Waals surface area (Å²) in [4.78, 5) is 33.2. The number of rotatable bonds is 11. The Kier molecular flexibility index (Phi) is 10.0. The lowest BCUT2D eigenvalue weighted by atomic mass is 10.0. The van der Waals surface area contributed by atoms with Gasteiger partial charge in [0, 0.05) is 31.7 Å². The van der Waals surface area contributed by atoms with Crippen molar-refractivity contribution in [3.63, 3.8) is 0 Å². The zero-order valence-electron chi connectivity index (χ0n) is 20.0. The molecule has 1 unspecified atom stereocenters. The number of hydrogen-bond acceptors (Lipinski definition) is 8. The van der Waals surface area contributed by atoms with E-state index in [0.717, 1.165) is 17.7 Å². The lowest BCUT2D eigenvalue weighted by molar-refractivity contribution is -0.117. The van der Waals surface area contributed by atoms with Crippen LogP contribution in [0, 0.1) is 6.92 Å². The maximum Gasteiger partial charge on any atom is 0.269 e. The molecule has 10 heteroatoms. The molecular formula is C24H33N7O3. The topological polar surface area (TPSA) is 148 Å². The molecule has 6 N–H and O–H groups in total. The van der Waals surface area contributed by atoms with Crippen LogP contribution in [0.25, 0.3) is 0 Å². The molecule has 0 aliphatic heterocycles. The zero-order valence-corrected chi connectivity index (χ0v) is 20.0. The van der Waals surface area contributed by atoms with Gasteiger partial charge in [-0.1, -0.05) is 31.2 Å². The predicted molar refractivity (Wildman–Crippen MR) is 132 cm³/mol. The van der Waals surface area contributed by atoms with Gasteiger partial charge in [-0.3, -0.25) is 14.6 Å². The van der Waals surface area contributed by atoms with Gasteiger partial charge in [-0.05, 0) is 36.6 Å². The maximum absolute atomic E-state index is 12.6. The standard InChI is InChI=1S/C24H33N7O3/c1-5-17-7-9-18(10-8-17)21(14-27-3)30-23(33)20(25)15-31(26)13-12-28-22(32)19-11-6-16(2)29-24(19)34-4/h6-11,14-15,21H,5,12-13,25-26H2,1-4H3,(H,28,32)(H,30,33)/b20-15-,27-14?. The van der Waals surface area contributed by atoms with Crippen LogP contribution < -0.4 is 26.9 Å². The van der Waals surface area contributed by atoms with Crippen molar-refractivity contribution in [3.8, 4) is 5.88 Å². The smallest absolute Gasteiger partial charge is 0.269 e. The number of ether oxygens (including phenoxy) is 1. The molecule has 0 aliphatic carbocycles. The Balaban J connectivity index is 1.92. The van der Waals surface area contributed by atoms with E-state index < -0.39 is 11.9 Å². The van der Waals surface area contributed by atoms with Gasteiger partial charge < -0.3 is 26.1 Å². The second-order valence-electron chi connectivity index (χ2n) is 7.54. The third-order valence-corrected chi connectivity index (χ3v) is 4.99. The van der Waals surface area contributed by atoms with Gasteiger partial charge in [0.2, 0.25) is 5.88 Å². The highest BCUT2D eigenvalue weighted by atomic mass is 16.5. The number of hydrazine groups is 1. The molecule has 0 saturated carbocycles. The average molecular weight is 468 g/mol. The first-order valence-corrected chi connectivity index (χ1v) is 10.9. The van der Waals surface area contributed by atoms with Crippen molar-refractivity contribution in [1.82, 2.24) is 20.6 Å². The van der Waals surface area contributed by atoms with Gasteiger partial charge in [-0.25, -0.2) is 10.8 Å². The fourth-order valence-electron chi connectivity index (χ4n) is 3.10. The van der Waals surface area contributed by atoms with Crippen LogP contribution in [0.2, 0.25) is 0 Å². The number of aliphatic imine (C=N–C) groups is 1. The van der Waals surface area contributed by atoms with Crippen LogP contribution in [0.15, 0.2) is 53.3 Å². The molecule has 2 rings (SSSR count). The summed E-state index contributed by atoms with van der Waals surface area (Å²) < 4.78 is 5.16. The molecule has 2 aromatic rings. The molecule has 1 aromatic carbocycles. The van der Waals surface area contributed by atoms with E-state index in [-0.39, 0.29) is 30.6 Å². The minimum Gasteiger partial charge on any atom is -0.480 e. The van der Waals surface area contributed by atoms with Gasteiger partial charge in [0.05, 0.1) is 19.7 Å². The summed E-state index contributed by atoms with van der Waals surface area (Å²) in [5.41, 5.74) is 9.01. The van der Waals surface area contributed by atoms with Crippen LogP contribution in [0.3, 0.4) is 0 Å². The summed E-state index contributed by atoms with van der Waals surface area (Å²) in [7, 11) is 3.09. The number of methoxy groups -OCH3 is 1. The summed E-state index contributed by atoms with van der Waals surface area (Å²) in [5.74, 6) is 5.34. The van der Waals surface area contributed by atoms with Crippen molar-refractivity contribution >= 4 is 18.0 Å². The van der Waals surface area contributed by atoms with Gasteiger partial charge in [0.15, 0.2) is 0 Å². The summed E-state index contributed by atoms with van der Waals surface area (Å²) >= 11 is 0. The summed E-state index contributed by atoms with van der Waals surface area (Å²) in [6.07, 6.45) is 3.88. The van der Waals surface area contributed by atoms with Crippen LogP contribution >= 0.6 is 0 Å². The Morgan fingerprint density at radius 3 is 2.56 bits per heavy atom. The highest BCUT2D eigenvalue weighted by Crippen LogP contribution is 2.15. The Hall–Kier alpha value is -3.92. The van der Waals surface area contributed by atoms with Crippen LogP contribution in [-0.4, -0.2) is 55.3 Å². The lowest BCUT2D eigenvalue weighted by Gasteiger charge is -2.18. The Labute approximate surface area is 200 Å². The van der Waals surface area contributed by atoms with Crippen LogP contribution in [0.4, 0.5) is 0 Å². The van der Waals surface area contributed by atoms with E-state index in [1.165, 1.54) is 23.9 Å². The largest absolute Gasteiger partial charge is 0.480 e. The fraction of sp³-hybridized carbons (Fsp3) is 0.333. The Morgan fingerprint density at radius 2 is 1.94 bits per heavy atom. The number of nitrogens with two attached hydrogens (primary N) is 2. The van der Waals surface area contributed by atoms with E-state index in [1.54, 1.807) is 25.4 Å². The molecule has 2 amide bonds. The number of nitrogens with one attached hydrogen (secondary N) is 2. The van der Waals surface area contributed by atoms with Crippen molar-refractivity contribution in [3.05, 3.63) is 70.7 Å². The van der Waals surface area contributed by atoms with Crippen molar-refractivity contribution in [2.45, 2.75) is 26.3 Å². The fourth-order valence-corrected chi connectivity index (χ4v) is 3.10. The Bertz CT molecular complexity index is 1040. The minimum atomic E-state index is -0.487. The van der Waals surface area contributed by atoms with Gasteiger partial charge in [0.1, 0.15) is 11.3 Å². The molecule has 0 spiro atoms. The Morgan fingerprint density at radius 1 is 1.24 bits per heavy atom. The molecule has 1 atom stereocenters. The highest BCUT2D eigenvalue weighted by molar-refractivity contribution is 5.96. The van der Waals surface area contributed by atoms with E-state index in [2.05, 4.69) is 27.5 Å². The lowest BCUT2D eigenvalue weighted by Crippen LogP contribution is -2.38. The molecule has 0 saturated heterocycles. The van der Waals surface area contributed by atoms with Crippen molar-refractivity contribution in [1.29, 1.82) is 0 Å². The van der Waals surface area contributed by atoms with E-state index >= 15 is 0 Å². The number of nitrogens with zero attached hydrogens (tertiary/aromatic N) is 3. The van der Waals surface area contributed by atoms with Crippen LogP contribution in [-0.2, 0) is 11.2 Å². The molecular weight excluding hydrogens is 434 g/mol. The number of aryl methyl sites for hydroxylation is 2. The first-order chi connectivity index (χ1) is 16.3. The molecule has 0 radical (unpaired) electrons. The van der Waals surface area contributed by atoms with Crippen LogP contribution in [0.5, 0.6) is 5.88 Å². The van der Waals surface area contributed by atoms with Crippen molar-refractivity contribution in [2.24, 2.45) is 16.6 Å². The minimum absolute atomic E-state index is 0.0714. The second-order valence-corrected chi connectivity index (χ2v) is 7.54. The van der Waals surface area contributed by atoms with E-state index in [0.29, 0.717) is 5.56 Å². The monoisotopic (exact) mass is 467 g/mol. The molecule has 1 heterocycles. The van der Waals surface area contributed by atoms with E-state index in [4.69, 9.17) is 16.3 Å².